The van der Waals surface area contributed by atoms with Gasteiger partial charge in [-0.2, -0.15) is 0 Å². The van der Waals surface area contributed by atoms with Crippen molar-refractivity contribution in [2.24, 2.45) is 5.73 Å². The van der Waals surface area contributed by atoms with E-state index in [1.165, 1.54) is 12.8 Å². The van der Waals surface area contributed by atoms with Gasteiger partial charge in [-0.3, -0.25) is 4.79 Å². The minimum Gasteiger partial charge on any atom is -0.330 e. The smallest absolute Gasteiger partial charge is 0.223 e. The summed E-state index contributed by atoms with van der Waals surface area (Å²) in [6.07, 6.45) is 7.49. The van der Waals surface area contributed by atoms with E-state index in [0.29, 0.717) is 12.5 Å². The largest absolute Gasteiger partial charge is 0.330 e. The van der Waals surface area contributed by atoms with E-state index in [-0.39, 0.29) is 23.5 Å². The highest BCUT2D eigenvalue weighted by molar-refractivity contribution is 5.78. The van der Waals surface area contributed by atoms with Gasteiger partial charge in [-0.25, -0.2) is 4.98 Å². The number of rotatable bonds is 2. The first-order valence-electron chi connectivity index (χ1n) is 7.49. The van der Waals surface area contributed by atoms with Crippen LogP contribution in [0.15, 0.2) is 12.5 Å². The zero-order valence-electron chi connectivity index (χ0n) is 12.5. The molecular formula is C15H24N4O. The predicted octanol–water partition coefficient (Wildman–Crippen LogP) is 2.01. The second-order valence-electron chi connectivity index (χ2n) is 7.04. The molecule has 5 heteroatoms. The maximum absolute atomic E-state index is 12.4. The van der Waals surface area contributed by atoms with Crippen LogP contribution in [0.25, 0.3) is 0 Å². The zero-order chi connectivity index (χ0) is 14.5. The van der Waals surface area contributed by atoms with Crippen LogP contribution in [0, 0.1) is 0 Å². The van der Waals surface area contributed by atoms with Crippen LogP contribution in [-0.4, -0.2) is 31.9 Å². The van der Waals surface area contributed by atoms with Crippen molar-refractivity contribution in [3.63, 3.8) is 0 Å². The lowest BCUT2D eigenvalue weighted by molar-refractivity contribution is -0.144. The van der Waals surface area contributed by atoms with E-state index < -0.39 is 0 Å². The number of carbonyl (C=O) groups is 1. The summed E-state index contributed by atoms with van der Waals surface area (Å²) in [4.78, 5) is 18.7. The van der Waals surface area contributed by atoms with E-state index in [0.717, 1.165) is 12.1 Å². The first-order chi connectivity index (χ1) is 9.39. The molecule has 1 aromatic rings. The number of hydrogen-bond acceptors (Lipinski definition) is 3. The Balaban J connectivity index is 2.02. The summed E-state index contributed by atoms with van der Waals surface area (Å²) in [6.45, 7) is 6.23. The third-order valence-corrected chi connectivity index (χ3v) is 4.31. The molecule has 20 heavy (non-hydrogen) atoms. The number of likely N-dealkylation sites (tertiary alicyclic amines) is 1. The fourth-order valence-electron chi connectivity index (χ4n) is 3.26. The van der Waals surface area contributed by atoms with Gasteiger partial charge in [0, 0.05) is 24.0 Å². The fraction of sp³-hybridized carbons (Fsp3) is 0.733. The van der Waals surface area contributed by atoms with Crippen molar-refractivity contribution in [2.45, 2.75) is 70.1 Å². The molecule has 0 radical (unpaired) electrons. The normalized spacial score (nSPS) is 28.0. The lowest BCUT2D eigenvalue weighted by atomic mass is 9.89. The quantitative estimate of drug-likeness (QED) is 0.898. The van der Waals surface area contributed by atoms with Gasteiger partial charge in [-0.05, 0) is 40.0 Å². The van der Waals surface area contributed by atoms with E-state index in [4.69, 9.17) is 5.73 Å². The Bertz CT molecular complexity index is 512. The molecule has 0 bridgehead atoms. The molecule has 2 N–H and O–H groups in total. The number of amides is 1. The Morgan fingerprint density at radius 3 is 2.60 bits per heavy atom. The summed E-state index contributed by atoms with van der Waals surface area (Å²) in [5.74, 6) is 0.202. The molecule has 1 saturated heterocycles. The topological polar surface area (TPSA) is 64.2 Å². The van der Waals surface area contributed by atoms with Crippen molar-refractivity contribution in [3.8, 4) is 0 Å². The average molecular weight is 276 g/mol. The number of nitrogens with zero attached hydrogens (tertiary/aromatic N) is 3. The SMILES string of the molecule is CC(C)(C)N1C(=O)CCC(N)C1c1cncn1C1CC1. The Hall–Kier alpha value is -1.36. The molecule has 0 aromatic carbocycles. The lowest BCUT2D eigenvalue weighted by Gasteiger charge is -2.47. The van der Waals surface area contributed by atoms with Gasteiger partial charge in [0.2, 0.25) is 5.91 Å². The molecule has 2 fully saturated rings. The van der Waals surface area contributed by atoms with Crippen LogP contribution >= 0.6 is 0 Å². The molecule has 2 heterocycles. The lowest BCUT2D eigenvalue weighted by Crippen LogP contribution is -2.56. The van der Waals surface area contributed by atoms with Crippen LogP contribution < -0.4 is 5.73 Å². The Kier molecular flexibility index (Phi) is 3.12. The standard InChI is InChI=1S/C15H24N4O/c1-15(2,3)19-13(20)7-6-11(16)14(19)12-8-17-9-18(12)10-4-5-10/h8-11,14H,4-7,16H2,1-3H3. The number of piperidine rings is 1. The highest BCUT2D eigenvalue weighted by Crippen LogP contribution is 2.41. The zero-order valence-corrected chi connectivity index (χ0v) is 12.5. The second kappa shape index (κ2) is 4.58. The Labute approximate surface area is 120 Å². The molecule has 1 aliphatic carbocycles. The summed E-state index contributed by atoms with van der Waals surface area (Å²) in [5, 5.41) is 0. The maximum atomic E-state index is 12.4. The summed E-state index contributed by atoms with van der Waals surface area (Å²) in [7, 11) is 0. The summed E-state index contributed by atoms with van der Waals surface area (Å²) in [6, 6.07) is 0.485. The monoisotopic (exact) mass is 276 g/mol. The fourth-order valence-corrected chi connectivity index (χ4v) is 3.26. The van der Waals surface area contributed by atoms with E-state index in [2.05, 4.69) is 30.3 Å². The molecule has 5 nitrogen and oxygen atoms in total. The molecule has 2 atom stereocenters. The first-order valence-corrected chi connectivity index (χ1v) is 7.49. The van der Waals surface area contributed by atoms with Gasteiger partial charge in [0.15, 0.2) is 0 Å². The second-order valence-corrected chi connectivity index (χ2v) is 7.04. The van der Waals surface area contributed by atoms with Crippen molar-refractivity contribution >= 4 is 5.91 Å². The summed E-state index contributed by atoms with van der Waals surface area (Å²) in [5.41, 5.74) is 7.25. The molecule has 1 amide bonds. The van der Waals surface area contributed by atoms with Gasteiger partial charge in [-0.1, -0.05) is 0 Å². The first kappa shape index (κ1) is 13.6. The highest BCUT2D eigenvalue weighted by Gasteiger charge is 2.43. The number of hydrogen-bond donors (Lipinski definition) is 1. The molecule has 2 aliphatic rings. The van der Waals surface area contributed by atoms with Gasteiger partial charge in [0.1, 0.15) is 0 Å². The van der Waals surface area contributed by atoms with Crippen LogP contribution in [0.4, 0.5) is 0 Å². The Morgan fingerprint density at radius 2 is 2.00 bits per heavy atom. The highest BCUT2D eigenvalue weighted by atomic mass is 16.2. The predicted molar refractivity (Wildman–Crippen MR) is 77.0 cm³/mol. The van der Waals surface area contributed by atoms with Gasteiger partial charge >= 0.3 is 0 Å². The maximum Gasteiger partial charge on any atom is 0.223 e. The molecule has 1 aromatic heterocycles. The molecule has 0 spiro atoms. The van der Waals surface area contributed by atoms with Crippen LogP contribution in [0.5, 0.6) is 0 Å². The van der Waals surface area contributed by atoms with Gasteiger partial charge < -0.3 is 15.2 Å². The molecule has 110 valence electrons. The van der Waals surface area contributed by atoms with Gasteiger partial charge in [0.05, 0.1) is 24.3 Å². The molecule has 1 saturated carbocycles. The van der Waals surface area contributed by atoms with Crippen molar-refractivity contribution in [1.29, 1.82) is 0 Å². The third kappa shape index (κ3) is 2.24. The van der Waals surface area contributed by atoms with Crippen molar-refractivity contribution in [3.05, 3.63) is 18.2 Å². The number of aromatic nitrogens is 2. The molecule has 1 aliphatic heterocycles. The number of nitrogens with two attached hydrogens (primary N) is 1. The number of imidazole rings is 1. The van der Waals surface area contributed by atoms with E-state index >= 15 is 0 Å². The molecular weight excluding hydrogens is 252 g/mol. The van der Waals surface area contributed by atoms with Crippen LogP contribution in [0.2, 0.25) is 0 Å². The Morgan fingerprint density at radius 1 is 1.30 bits per heavy atom. The summed E-state index contributed by atoms with van der Waals surface area (Å²) < 4.78 is 2.22. The van der Waals surface area contributed by atoms with Gasteiger partial charge in [0.25, 0.3) is 0 Å². The third-order valence-electron chi connectivity index (χ3n) is 4.31. The average Bonchev–Trinajstić information content (AvgIpc) is 3.09. The van der Waals surface area contributed by atoms with Crippen LogP contribution in [0.3, 0.4) is 0 Å². The van der Waals surface area contributed by atoms with Crippen LogP contribution in [-0.2, 0) is 4.79 Å². The minimum absolute atomic E-state index is 0.0128. The minimum atomic E-state index is -0.224. The van der Waals surface area contributed by atoms with Crippen molar-refractivity contribution < 1.29 is 4.79 Å². The number of carbonyl (C=O) groups excluding carboxylic acids is 1. The van der Waals surface area contributed by atoms with Crippen LogP contribution in [0.1, 0.15) is 64.2 Å². The molecule has 2 unspecified atom stereocenters. The summed E-state index contributed by atoms with van der Waals surface area (Å²) >= 11 is 0. The van der Waals surface area contributed by atoms with Crippen molar-refractivity contribution in [1.82, 2.24) is 14.5 Å². The van der Waals surface area contributed by atoms with E-state index in [1.54, 1.807) is 0 Å². The van der Waals surface area contributed by atoms with Gasteiger partial charge in [-0.15, -0.1) is 0 Å². The van der Waals surface area contributed by atoms with E-state index in [1.807, 2.05) is 17.4 Å². The van der Waals surface area contributed by atoms with E-state index in [9.17, 15) is 4.79 Å². The molecule has 3 rings (SSSR count). The van der Waals surface area contributed by atoms with Crippen molar-refractivity contribution in [2.75, 3.05) is 0 Å².